The van der Waals surface area contributed by atoms with Crippen LogP contribution in [0.15, 0.2) is 54.1 Å². The van der Waals surface area contributed by atoms with Gasteiger partial charge in [0.1, 0.15) is 5.76 Å². The van der Waals surface area contributed by atoms with Gasteiger partial charge in [0.05, 0.1) is 17.7 Å². The molecular formula is C26H29NO4. The molecule has 0 saturated carbocycles. The normalized spacial score (nSPS) is 23.2. The third-order valence-corrected chi connectivity index (χ3v) is 6.21. The summed E-state index contributed by atoms with van der Waals surface area (Å²) < 4.78 is 5.74. The highest BCUT2D eigenvalue weighted by Gasteiger charge is 2.47. The lowest BCUT2D eigenvalue weighted by molar-refractivity contribution is -0.140. The van der Waals surface area contributed by atoms with Crippen molar-refractivity contribution >= 4 is 17.4 Å². The number of Topliss-reactive ketones (excluding diaryl/α,β-unsaturated/α-hetero) is 1. The van der Waals surface area contributed by atoms with E-state index >= 15 is 0 Å². The molecule has 0 aliphatic carbocycles. The van der Waals surface area contributed by atoms with E-state index in [4.69, 9.17) is 4.74 Å². The number of aliphatic hydroxyl groups excluding tert-OH is 1. The van der Waals surface area contributed by atoms with Crippen molar-refractivity contribution in [1.29, 1.82) is 0 Å². The van der Waals surface area contributed by atoms with Crippen molar-refractivity contribution in [2.24, 2.45) is 0 Å². The number of rotatable bonds is 5. The molecule has 2 aromatic carbocycles. The molecule has 0 bridgehead atoms. The van der Waals surface area contributed by atoms with Crippen LogP contribution in [-0.4, -0.2) is 41.0 Å². The number of hydrogen-bond acceptors (Lipinski definition) is 4. The molecule has 2 aliphatic rings. The lowest BCUT2D eigenvalue weighted by Gasteiger charge is -2.27. The fraction of sp³-hybridized carbons (Fsp3) is 0.385. The van der Waals surface area contributed by atoms with E-state index in [9.17, 15) is 14.7 Å². The molecule has 0 aromatic heterocycles. The number of ketones is 1. The van der Waals surface area contributed by atoms with Crippen molar-refractivity contribution < 1.29 is 19.4 Å². The second kappa shape index (κ2) is 8.67. The third kappa shape index (κ3) is 4.15. The summed E-state index contributed by atoms with van der Waals surface area (Å²) in [7, 11) is 0. The van der Waals surface area contributed by atoms with Gasteiger partial charge in [-0.1, -0.05) is 67.9 Å². The molecule has 2 atom stereocenters. The molecule has 2 saturated heterocycles. The quantitative estimate of drug-likeness (QED) is 0.433. The Morgan fingerprint density at radius 2 is 1.77 bits per heavy atom. The maximum atomic E-state index is 13.1. The van der Waals surface area contributed by atoms with Gasteiger partial charge in [0.15, 0.2) is 0 Å². The van der Waals surface area contributed by atoms with Crippen molar-refractivity contribution in [1.82, 2.24) is 4.90 Å². The number of benzene rings is 2. The maximum Gasteiger partial charge on any atom is 0.295 e. The minimum Gasteiger partial charge on any atom is -0.507 e. The van der Waals surface area contributed by atoms with Crippen LogP contribution < -0.4 is 0 Å². The van der Waals surface area contributed by atoms with Gasteiger partial charge in [-0.05, 0) is 36.8 Å². The lowest BCUT2D eigenvalue weighted by atomic mass is 9.93. The fourth-order valence-corrected chi connectivity index (χ4v) is 4.35. The van der Waals surface area contributed by atoms with E-state index < -0.39 is 17.7 Å². The molecule has 0 unspecified atom stereocenters. The Bertz CT molecular complexity index is 999. The number of nitrogens with zero attached hydrogens (tertiary/aromatic N) is 1. The zero-order valence-corrected chi connectivity index (χ0v) is 18.3. The Balaban J connectivity index is 1.80. The van der Waals surface area contributed by atoms with Crippen LogP contribution in [-0.2, 0) is 14.3 Å². The molecule has 4 rings (SSSR count). The average molecular weight is 420 g/mol. The first-order chi connectivity index (χ1) is 14.9. The first-order valence-electron chi connectivity index (χ1n) is 10.9. The van der Waals surface area contributed by atoms with Gasteiger partial charge in [0.25, 0.3) is 11.7 Å². The molecule has 0 spiro atoms. The molecule has 2 heterocycles. The summed E-state index contributed by atoms with van der Waals surface area (Å²) in [4.78, 5) is 27.7. The van der Waals surface area contributed by atoms with E-state index in [1.807, 2.05) is 43.3 Å². The number of hydrogen-bond donors (Lipinski definition) is 1. The Kier molecular flexibility index (Phi) is 5.96. The molecule has 2 aliphatic heterocycles. The van der Waals surface area contributed by atoms with Crippen LogP contribution in [0, 0.1) is 6.92 Å². The summed E-state index contributed by atoms with van der Waals surface area (Å²) in [5.41, 5.74) is 3.72. The highest BCUT2D eigenvalue weighted by molar-refractivity contribution is 6.46. The number of carbonyl (C=O) groups excluding carboxylic acids is 2. The Morgan fingerprint density at radius 3 is 2.35 bits per heavy atom. The van der Waals surface area contributed by atoms with Crippen LogP contribution in [0.2, 0.25) is 0 Å². The van der Waals surface area contributed by atoms with Gasteiger partial charge in [-0.2, -0.15) is 0 Å². The van der Waals surface area contributed by atoms with Crippen LogP contribution in [0.25, 0.3) is 5.76 Å². The topological polar surface area (TPSA) is 66.8 Å². The van der Waals surface area contributed by atoms with Crippen molar-refractivity contribution in [2.45, 2.75) is 51.7 Å². The van der Waals surface area contributed by atoms with Gasteiger partial charge in [-0.3, -0.25) is 9.59 Å². The van der Waals surface area contributed by atoms with Crippen LogP contribution in [0.4, 0.5) is 0 Å². The van der Waals surface area contributed by atoms with E-state index in [1.54, 1.807) is 17.0 Å². The second-order valence-electron chi connectivity index (χ2n) is 8.77. The van der Waals surface area contributed by atoms with Crippen molar-refractivity contribution in [3.05, 3.63) is 76.4 Å². The molecule has 2 fully saturated rings. The SMILES string of the molecule is Cc1ccc(C(O)=C2C(=O)C(=O)N(C[C@@H]3CCCO3)[C@@H]2c2ccc(C(C)C)cc2)cc1. The monoisotopic (exact) mass is 419 g/mol. The minimum atomic E-state index is -0.644. The Labute approximate surface area is 183 Å². The zero-order valence-electron chi connectivity index (χ0n) is 18.3. The van der Waals surface area contributed by atoms with Gasteiger partial charge < -0.3 is 14.7 Å². The van der Waals surface area contributed by atoms with Gasteiger partial charge in [0, 0.05) is 18.7 Å². The number of likely N-dealkylation sites (tertiary alicyclic amines) is 1. The van der Waals surface area contributed by atoms with Crippen molar-refractivity contribution in [2.75, 3.05) is 13.2 Å². The van der Waals surface area contributed by atoms with E-state index in [0.717, 1.165) is 24.0 Å². The summed E-state index contributed by atoms with van der Waals surface area (Å²) in [6, 6.07) is 14.6. The molecule has 1 N–H and O–H groups in total. The zero-order chi connectivity index (χ0) is 22.1. The standard InChI is InChI=1S/C26H29NO4/c1-16(2)18-10-12-19(13-11-18)23-22(24(28)20-8-6-17(3)7-9-20)25(29)26(30)27(23)15-21-5-4-14-31-21/h6-13,16,21,23,28H,4-5,14-15H2,1-3H3/t21-,23+/m0/s1. The van der Waals surface area contributed by atoms with Crippen molar-refractivity contribution in [3.8, 4) is 0 Å². The second-order valence-corrected chi connectivity index (χ2v) is 8.77. The van der Waals surface area contributed by atoms with E-state index in [-0.39, 0.29) is 17.4 Å². The van der Waals surface area contributed by atoms with Gasteiger partial charge in [0.2, 0.25) is 0 Å². The summed E-state index contributed by atoms with van der Waals surface area (Å²) in [6.07, 6.45) is 1.72. The molecule has 31 heavy (non-hydrogen) atoms. The largest absolute Gasteiger partial charge is 0.507 e. The van der Waals surface area contributed by atoms with Crippen LogP contribution in [0.3, 0.4) is 0 Å². The number of aryl methyl sites for hydroxylation is 1. The van der Waals surface area contributed by atoms with Gasteiger partial charge in [-0.25, -0.2) is 0 Å². The van der Waals surface area contributed by atoms with E-state index in [1.165, 1.54) is 5.56 Å². The summed E-state index contributed by atoms with van der Waals surface area (Å²) in [5.74, 6) is -0.984. The molecule has 1 amide bonds. The molecule has 162 valence electrons. The summed E-state index contributed by atoms with van der Waals surface area (Å²) >= 11 is 0. The Hall–Kier alpha value is -2.92. The van der Waals surface area contributed by atoms with Gasteiger partial charge in [-0.15, -0.1) is 0 Å². The van der Waals surface area contributed by atoms with Crippen LogP contribution >= 0.6 is 0 Å². The van der Waals surface area contributed by atoms with Crippen LogP contribution in [0.1, 0.15) is 60.9 Å². The summed E-state index contributed by atoms with van der Waals surface area (Å²) in [6.45, 7) is 7.21. The van der Waals surface area contributed by atoms with Crippen molar-refractivity contribution in [3.63, 3.8) is 0 Å². The van der Waals surface area contributed by atoms with Gasteiger partial charge >= 0.3 is 0 Å². The highest BCUT2D eigenvalue weighted by Crippen LogP contribution is 2.40. The number of carbonyl (C=O) groups is 2. The molecule has 2 aromatic rings. The first-order valence-corrected chi connectivity index (χ1v) is 10.9. The Morgan fingerprint density at radius 1 is 1.10 bits per heavy atom. The minimum absolute atomic E-state index is 0.0879. The predicted molar refractivity (Wildman–Crippen MR) is 120 cm³/mol. The third-order valence-electron chi connectivity index (χ3n) is 6.21. The lowest BCUT2D eigenvalue weighted by Crippen LogP contribution is -2.36. The highest BCUT2D eigenvalue weighted by atomic mass is 16.5. The molecular weight excluding hydrogens is 390 g/mol. The smallest absolute Gasteiger partial charge is 0.295 e. The fourth-order valence-electron chi connectivity index (χ4n) is 4.35. The molecule has 0 radical (unpaired) electrons. The summed E-state index contributed by atoms with van der Waals surface area (Å²) in [5, 5.41) is 11.1. The van der Waals surface area contributed by atoms with E-state index in [0.29, 0.717) is 24.6 Å². The number of ether oxygens (including phenoxy) is 1. The number of aliphatic hydroxyl groups is 1. The van der Waals surface area contributed by atoms with Crippen LogP contribution in [0.5, 0.6) is 0 Å². The average Bonchev–Trinajstić information content (AvgIpc) is 3.36. The maximum absolute atomic E-state index is 13.1. The van der Waals surface area contributed by atoms with E-state index in [2.05, 4.69) is 13.8 Å². The first kappa shape index (κ1) is 21.3. The molecule has 5 nitrogen and oxygen atoms in total. The number of amides is 1. The molecule has 5 heteroatoms. The predicted octanol–water partition coefficient (Wildman–Crippen LogP) is 4.72.